The van der Waals surface area contributed by atoms with Gasteiger partial charge in [-0.15, -0.1) is 0 Å². The molecule has 7 nitrogen and oxygen atoms in total. The van der Waals surface area contributed by atoms with Crippen LogP contribution in [0.3, 0.4) is 0 Å². The summed E-state index contributed by atoms with van der Waals surface area (Å²) in [5.41, 5.74) is 12.5. The summed E-state index contributed by atoms with van der Waals surface area (Å²) in [6.45, 7) is 4.31. The highest BCUT2D eigenvalue weighted by molar-refractivity contribution is 5.89. The fourth-order valence-electron chi connectivity index (χ4n) is 3.62. The van der Waals surface area contributed by atoms with E-state index >= 15 is 0 Å². The number of nitrogen functional groups attached to an aromatic ring is 1. The van der Waals surface area contributed by atoms with Gasteiger partial charge in [-0.05, 0) is 29.9 Å². The normalized spacial score (nSPS) is 18.1. The van der Waals surface area contributed by atoms with Gasteiger partial charge in [-0.1, -0.05) is 58.4 Å². The molecule has 1 aliphatic rings. The van der Waals surface area contributed by atoms with Gasteiger partial charge < -0.3 is 22.1 Å². The van der Waals surface area contributed by atoms with Crippen LogP contribution in [0.15, 0.2) is 18.3 Å². The van der Waals surface area contributed by atoms with Crippen LogP contribution in [0.1, 0.15) is 64.4 Å². The van der Waals surface area contributed by atoms with Gasteiger partial charge in [0.15, 0.2) is 0 Å². The van der Waals surface area contributed by atoms with E-state index in [1.54, 1.807) is 12.3 Å². The fraction of sp³-hybridized carbons (Fsp3) is 0.667. The molecule has 0 bridgehead atoms. The molecule has 1 aromatic heterocycles. The Morgan fingerprint density at radius 3 is 2.54 bits per heavy atom. The minimum atomic E-state index is -0.604. The first-order valence-electron chi connectivity index (χ1n) is 10.4. The number of rotatable bonds is 9. The average Bonchev–Trinajstić information content (AvgIpc) is 2.72. The smallest absolute Gasteiger partial charge is 0.242 e. The highest BCUT2D eigenvalue weighted by Crippen LogP contribution is 2.27. The first-order valence-corrected chi connectivity index (χ1v) is 10.4. The first-order chi connectivity index (χ1) is 13.4. The number of carbonyl (C=O) groups excluding carboxylic acids is 2. The van der Waals surface area contributed by atoms with Crippen molar-refractivity contribution in [1.29, 1.82) is 0 Å². The lowest BCUT2D eigenvalue weighted by Gasteiger charge is -2.28. The zero-order chi connectivity index (χ0) is 20.5. The molecule has 6 N–H and O–H groups in total. The molecule has 0 spiro atoms. The number of aromatic nitrogens is 1. The van der Waals surface area contributed by atoms with Crippen LogP contribution in [0.25, 0.3) is 0 Å². The maximum atomic E-state index is 12.8. The number of nitrogens with zero attached hydrogens (tertiary/aromatic N) is 1. The van der Waals surface area contributed by atoms with Gasteiger partial charge in [-0.25, -0.2) is 4.98 Å². The van der Waals surface area contributed by atoms with Crippen LogP contribution in [0.4, 0.5) is 5.82 Å². The molecule has 1 fully saturated rings. The minimum Gasteiger partial charge on any atom is -0.384 e. The van der Waals surface area contributed by atoms with Crippen molar-refractivity contribution in [3.05, 3.63) is 23.9 Å². The van der Waals surface area contributed by atoms with Gasteiger partial charge in [0, 0.05) is 12.7 Å². The van der Waals surface area contributed by atoms with Gasteiger partial charge in [-0.3, -0.25) is 9.59 Å². The number of anilines is 1. The van der Waals surface area contributed by atoms with E-state index in [1.165, 1.54) is 19.3 Å². The second-order valence-electron chi connectivity index (χ2n) is 8.02. The van der Waals surface area contributed by atoms with Crippen LogP contribution in [0.2, 0.25) is 0 Å². The minimum absolute atomic E-state index is 0.0687. The number of hydrogen-bond acceptors (Lipinski definition) is 5. The Morgan fingerprint density at radius 1 is 1.21 bits per heavy atom. The number of nitrogens with two attached hydrogens (primary N) is 2. The largest absolute Gasteiger partial charge is 0.384 e. The Kier molecular flexibility index (Phi) is 8.70. The Hall–Kier alpha value is -2.15. The van der Waals surface area contributed by atoms with Gasteiger partial charge in [0.25, 0.3) is 0 Å². The fourth-order valence-corrected chi connectivity index (χ4v) is 3.62. The van der Waals surface area contributed by atoms with E-state index in [0.29, 0.717) is 24.7 Å². The van der Waals surface area contributed by atoms with Gasteiger partial charge >= 0.3 is 0 Å². The predicted molar refractivity (Wildman–Crippen MR) is 111 cm³/mol. The van der Waals surface area contributed by atoms with Crippen molar-refractivity contribution >= 4 is 17.6 Å². The SMILES string of the molecule is CCC(C)[C@@H](N)C(=O)N[C@@H](CC1CCCCC1)C(=O)NCc1ccc(N)nc1. The Morgan fingerprint density at radius 2 is 1.93 bits per heavy atom. The van der Waals surface area contributed by atoms with Crippen LogP contribution in [-0.4, -0.2) is 28.9 Å². The second-order valence-corrected chi connectivity index (χ2v) is 8.02. The van der Waals surface area contributed by atoms with E-state index < -0.39 is 12.1 Å². The second kappa shape index (κ2) is 11.0. The summed E-state index contributed by atoms with van der Waals surface area (Å²) in [6.07, 6.45) is 8.97. The third-order valence-corrected chi connectivity index (χ3v) is 5.80. The standard InChI is InChI=1S/C21H35N5O2/c1-3-14(2)19(23)21(28)26-17(11-15-7-5-4-6-8-15)20(27)25-13-16-9-10-18(22)24-12-16/h9-10,12,14-15,17,19H,3-8,11,13,23H2,1-2H3,(H2,22,24)(H,25,27)(H,26,28)/t14?,17-,19+/m0/s1. The van der Waals surface area contributed by atoms with Crippen LogP contribution in [0, 0.1) is 11.8 Å². The summed E-state index contributed by atoms with van der Waals surface area (Å²) in [4.78, 5) is 29.5. The molecule has 3 atom stereocenters. The molecule has 2 amide bonds. The van der Waals surface area contributed by atoms with E-state index in [-0.39, 0.29) is 17.7 Å². The summed E-state index contributed by atoms with van der Waals surface area (Å²) in [6, 6.07) is 2.37. The molecule has 28 heavy (non-hydrogen) atoms. The van der Waals surface area contributed by atoms with Crippen molar-refractivity contribution in [2.24, 2.45) is 17.6 Å². The van der Waals surface area contributed by atoms with Gasteiger partial charge in [-0.2, -0.15) is 0 Å². The van der Waals surface area contributed by atoms with Gasteiger partial charge in [0.05, 0.1) is 6.04 Å². The van der Waals surface area contributed by atoms with Crippen LogP contribution in [-0.2, 0) is 16.1 Å². The Labute approximate surface area is 168 Å². The maximum absolute atomic E-state index is 12.8. The summed E-state index contributed by atoms with van der Waals surface area (Å²) in [7, 11) is 0. The van der Waals surface area contributed by atoms with E-state index in [9.17, 15) is 9.59 Å². The van der Waals surface area contributed by atoms with E-state index in [2.05, 4.69) is 15.6 Å². The molecule has 1 unspecified atom stereocenters. The van der Waals surface area contributed by atoms with Crippen LogP contribution >= 0.6 is 0 Å². The number of hydrogen-bond donors (Lipinski definition) is 4. The summed E-state index contributed by atoms with van der Waals surface area (Å²) in [5, 5.41) is 5.83. The average molecular weight is 390 g/mol. The van der Waals surface area contributed by atoms with Crippen molar-refractivity contribution in [3.8, 4) is 0 Å². The molecule has 0 aromatic carbocycles. The topological polar surface area (TPSA) is 123 Å². The zero-order valence-corrected chi connectivity index (χ0v) is 17.1. The lowest BCUT2D eigenvalue weighted by Crippen LogP contribution is -2.53. The molecule has 1 aliphatic carbocycles. The number of carbonyl (C=O) groups is 2. The van der Waals surface area contributed by atoms with Crippen LogP contribution in [0.5, 0.6) is 0 Å². The van der Waals surface area contributed by atoms with Crippen molar-refractivity contribution in [2.75, 3.05) is 5.73 Å². The predicted octanol–water partition coefficient (Wildman–Crippen LogP) is 2.11. The highest BCUT2D eigenvalue weighted by Gasteiger charge is 2.28. The van der Waals surface area contributed by atoms with Crippen LogP contribution < -0.4 is 22.1 Å². The molecular weight excluding hydrogens is 354 g/mol. The number of nitrogens with one attached hydrogen (secondary N) is 2. The Bertz CT molecular complexity index is 628. The molecule has 0 saturated heterocycles. The first kappa shape index (κ1) is 22.1. The van der Waals surface area contributed by atoms with Crippen molar-refractivity contribution in [3.63, 3.8) is 0 Å². The quantitative estimate of drug-likeness (QED) is 0.515. The highest BCUT2D eigenvalue weighted by atomic mass is 16.2. The monoisotopic (exact) mass is 389 g/mol. The summed E-state index contributed by atoms with van der Waals surface area (Å²) >= 11 is 0. The lowest BCUT2D eigenvalue weighted by atomic mass is 9.84. The molecule has 1 heterocycles. The van der Waals surface area contributed by atoms with Gasteiger partial charge in [0.2, 0.25) is 11.8 Å². The van der Waals surface area contributed by atoms with Crippen molar-refractivity contribution in [1.82, 2.24) is 15.6 Å². The third kappa shape index (κ3) is 6.78. The summed E-state index contributed by atoms with van der Waals surface area (Å²) < 4.78 is 0. The molecule has 1 saturated carbocycles. The van der Waals surface area contributed by atoms with E-state index in [4.69, 9.17) is 11.5 Å². The lowest BCUT2D eigenvalue weighted by molar-refractivity contribution is -0.130. The number of pyridine rings is 1. The van der Waals surface area contributed by atoms with E-state index in [0.717, 1.165) is 24.8 Å². The number of amides is 2. The van der Waals surface area contributed by atoms with Gasteiger partial charge in [0.1, 0.15) is 11.9 Å². The molecule has 7 heteroatoms. The third-order valence-electron chi connectivity index (χ3n) is 5.80. The van der Waals surface area contributed by atoms with E-state index in [1.807, 2.05) is 19.9 Å². The Balaban J connectivity index is 1.99. The van der Waals surface area contributed by atoms with Crippen molar-refractivity contribution < 1.29 is 9.59 Å². The zero-order valence-electron chi connectivity index (χ0n) is 17.1. The molecule has 2 rings (SSSR count). The summed E-state index contributed by atoms with van der Waals surface area (Å²) in [5.74, 6) is 0.546. The maximum Gasteiger partial charge on any atom is 0.242 e. The molecule has 156 valence electrons. The molecule has 0 radical (unpaired) electrons. The van der Waals surface area contributed by atoms with Crippen molar-refractivity contribution in [2.45, 2.75) is 77.4 Å². The molecule has 0 aliphatic heterocycles. The molecule has 1 aromatic rings. The molecular formula is C21H35N5O2.